The van der Waals surface area contributed by atoms with E-state index in [2.05, 4.69) is 10.3 Å². The zero-order valence-electron chi connectivity index (χ0n) is 18.6. The number of carbonyl (C=O) groups is 1. The zero-order valence-corrected chi connectivity index (χ0v) is 18.6. The third kappa shape index (κ3) is 3.97. The maximum atomic E-state index is 13.5. The molecule has 0 aliphatic heterocycles. The molecule has 4 rings (SSSR count). The number of aryl methyl sites for hydroxylation is 4. The average Bonchev–Trinajstić information content (AvgIpc) is 2.77. The van der Waals surface area contributed by atoms with Crippen LogP contribution < -0.4 is 10.7 Å². The van der Waals surface area contributed by atoms with Gasteiger partial charge < -0.3 is 9.88 Å². The van der Waals surface area contributed by atoms with Crippen molar-refractivity contribution < 1.29 is 4.79 Å². The maximum absolute atomic E-state index is 13.5. The van der Waals surface area contributed by atoms with Gasteiger partial charge in [-0.05, 0) is 63.1 Å². The van der Waals surface area contributed by atoms with Crippen LogP contribution in [0.3, 0.4) is 0 Å². The van der Waals surface area contributed by atoms with Crippen molar-refractivity contribution in [3.63, 3.8) is 0 Å². The molecule has 5 nitrogen and oxygen atoms in total. The number of carbonyl (C=O) groups excluding carboxylic acids is 1. The molecular formula is C27H25N3O2. The first kappa shape index (κ1) is 21.2. The van der Waals surface area contributed by atoms with Gasteiger partial charge in [-0.25, -0.2) is 0 Å². The van der Waals surface area contributed by atoms with Crippen molar-refractivity contribution in [3.8, 4) is 16.9 Å². The van der Waals surface area contributed by atoms with Gasteiger partial charge >= 0.3 is 0 Å². The Bertz CT molecular complexity index is 1330. The minimum atomic E-state index is -0.438. The van der Waals surface area contributed by atoms with Gasteiger partial charge in [-0.3, -0.25) is 14.6 Å². The van der Waals surface area contributed by atoms with Crippen LogP contribution in [0.5, 0.6) is 0 Å². The molecule has 0 unspecified atom stereocenters. The van der Waals surface area contributed by atoms with E-state index in [-0.39, 0.29) is 11.0 Å². The monoisotopic (exact) mass is 423 g/mol. The van der Waals surface area contributed by atoms with Crippen LogP contribution in [0.2, 0.25) is 0 Å². The third-order valence-electron chi connectivity index (χ3n) is 5.57. The number of para-hydroxylation sites is 1. The number of hydrogen-bond donors (Lipinski definition) is 1. The van der Waals surface area contributed by atoms with E-state index >= 15 is 0 Å². The Morgan fingerprint density at radius 3 is 2.22 bits per heavy atom. The second-order valence-corrected chi connectivity index (χ2v) is 8.01. The summed E-state index contributed by atoms with van der Waals surface area (Å²) < 4.78 is 1.94. The van der Waals surface area contributed by atoms with Gasteiger partial charge in [-0.15, -0.1) is 0 Å². The normalized spacial score (nSPS) is 10.8. The lowest BCUT2D eigenvalue weighted by atomic mass is 10.0. The molecule has 0 radical (unpaired) electrons. The molecule has 0 aliphatic carbocycles. The third-order valence-corrected chi connectivity index (χ3v) is 5.57. The van der Waals surface area contributed by atoms with Gasteiger partial charge in [0.15, 0.2) is 5.43 Å². The Morgan fingerprint density at radius 1 is 0.906 bits per heavy atom. The number of anilines is 1. The first-order valence-corrected chi connectivity index (χ1v) is 10.5. The molecule has 2 heterocycles. The van der Waals surface area contributed by atoms with E-state index < -0.39 is 5.91 Å². The summed E-state index contributed by atoms with van der Waals surface area (Å²) in [6, 6.07) is 19.0. The molecule has 0 saturated heterocycles. The second-order valence-electron chi connectivity index (χ2n) is 8.01. The van der Waals surface area contributed by atoms with E-state index in [0.29, 0.717) is 11.3 Å². The first-order chi connectivity index (χ1) is 15.4. The quantitative estimate of drug-likeness (QED) is 0.479. The standard InChI is InChI=1S/C27H25N3O2/c1-17-10-12-22(13-11-17)30-20(4)15-23(31)24(26(30)21-9-6-14-28-16-21)27(32)29-25-18(2)7-5-8-19(25)3/h5-16H,1-4H3,(H,29,32). The fourth-order valence-corrected chi connectivity index (χ4v) is 3.94. The van der Waals surface area contributed by atoms with Gasteiger partial charge in [0, 0.05) is 41.1 Å². The number of nitrogens with one attached hydrogen (secondary N) is 1. The lowest BCUT2D eigenvalue weighted by molar-refractivity contribution is 0.102. The lowest BCUT2D eigenvalue weighted by Crippen LogP contribution is -2.26. The molecule has 0 aliphatic rings. The number of aromatic nitrogens is 2. The number of pyridine rings is 2. The van der Waals surface area contributed by atoms with E-state index in [0.717, 1.165) is 33.8 Å². The van der Waals surface area contributed by atoms with Crippen LogP contribution in [0.25, 0.3) is 16.9 Å². The van der Waals surface area contributed by atoms with Crippen molar-refractivity contribution >= 4 is 11.6 Å². The summed E-state index contributed by atoms with van der Waals surface area (Å²) in [6.45, 7) is 7.76. The van der Waals surface area contributed by atoms with Crippen molar-refractivity contribution in [2.24, 2.45) is 0 Å². The van der Waals surface area contributed by atoms with Crippen LogP contribution in [0.4, 0.5) is 5.69 Å². The number of rotatable bonds is 4. The summed E-state index contributed by atoms with van der Waals surface area (Å²) in [5.74, 6) is -0.438. The van der Waals surface area contributed by atoms with Crippen molar-refractivity contribution in [2.45, 2.75) is 27.7 Å². The zero-order chi connectivity index (χ0) is 22.8. The van der Waals surface area contributed by atoms with E-state index in [1.165, 1.54) is 6.07 Å². The van der Waals surface area contributed by atoms with Gasteiger partial charge in [0.25, 0.3) is 5.91 Å². The fourth-order valence-electron chi connectivity index (χ4n) is 3.94. The SMILES string of the molecule is Cc1ccc(-n2c(C)cc(=O)c(C(=O)Nc3c(C)cccc3C)c2-c2cccnc2)cc1. The fraction of sp³-hybridized carbons (Fsp3) is 0.148. The van der Waals surface area contributed by atoms with Crippen molar-refractivity contribution in [2.75, 3.05) is 5.32 Å². The summed E-state index contributed by atoms with van der Waals surface area (Å²) in [5, 5.41) is 2.98. The minimum Gasteiger partial charge on any atom is -0.321 e. The first-order valence-electron chi connectivity index (χ1n) is 10.5. The molecule has 0 bridgehead atoms. The summed E-state index contributed by atoms with van der Waals surface area (Å²) in [6.07, 6.45) is 3.35. The number of amides is 1. The van der Waals surface area contributed by atoms with Crippen molar-refractivity contribution in [1.29, 1.82) is 0 Å². The van der Waals surface area contributed by atoms with E-state index in [1.54, 1.807) is 18.5 Å². The second kappa shape index (κ2) is 8.63. The summed E-state index contributed by atoms with van der Waals surface area (Å²) in [7, 11) is 0. The highest BCUT2D eigenvalue weighted by atomic mass is 16.2. The summed E-state index contributed by atoms with van der Waals surface area (Å²) >= 11 is 0. The van der Waals surface area contributed by atoms with Crippen LogP contribution in [0.15, 0.2) is 77.9 Å². The molecular weight excluding hydrogens is 398 g/mol. The Hall–Kier alpha value is -3.99. The van der Waals surface area contributed by atoms with Crippen LogP contribution in [0.1, 0.15) is 32.7 Å². The molecule has 0 saturated carbocycles. The maximum Gasteiger partial charge on any atom is 0.261 e. The number of benzene rings is 2. The van der Waals surface area contributed by atoms with Crippen LogP contribution >= 0.6 is 0 Å². The smallest absolute Gasteiger partial charge is 0.261 e. The molecule has 4 aromatic rings. The van der Waals surface area contributed by atoms with E-state index in [9.17, 15) is 9.59 Å². The summed E-state index contributed by atoms with van der Waals surface area (Å²) in [5.41, 5.74) is 6.31. The molecule has 0 spiro atoms. The lowest BCUT2D eigenvalue weighted by Gasteiger charge is -2.21. The van der Waals surface area contributed by atoms with Gasteiger partial charge in [0.1, 0.15) is 5.56 Å². The summed E-state index contributed by atoms with van der Waals surface area (Å²) in [4.78, 5) is 31.0. The molecule has 1 N–H and O–H groups in total. The number of nitrogens with zero attached hydrogens (tertiary/aromatic N) is 2. The van der Waals surface area contributed by atoms with Gasteiger partial charge in [-0.2, -0.15) is 0 Å². The molecule has 0 fully saturated rings. The van der Waals surface area contributed by atoms with Gasteiger partial charge in [0.2, 0.25) is 0 Å². The predicted octanol–water partition coefficient (Wildman–Crippen LogP) is 5.39. The van der Waals surface area contributed by atoms with E-state index in [4.69, 9.17) is 0 Å². The van der Waals surface area contributed by atoms with Crippen molar-refractivity contribution in [3.05, 3.63) is 111 Å². The minimum absolute atomic E-state index is 0.0897. The molecule has 2 aromatic heterocycles. The van der Waals surface area contributed by atoms with E-state index in [1.807, 2.05) is 80.8 Å². The Kier molecular flexibility index (Phi) is 5.73. The predicted molar refractivity (Wildman–Crippen MR) is 129 cm³/mol. The van der Waals surface area contributed by atoms with Crippen LogP contribution in [-0.4, -0.2) is 15.5 Å². The number of hydrogen-bond acceptors (Lipinski definition) is 3. The molecule has 0 atom stereocenters. The van der Waals surface area contributed by atoms with Gasteiger partial charge in [0.05, 0.1) is 5.69 Å². The highest BCUT2D eigenvalue weighted by Gasteiger charge is 2.23. The average molecular weight is 424 g/mol. The molecule has 5 heteroatoms. The Labute approximate surface area is 187 Å². The highest BCUT2D eigenvalue weighted by Crippen LogP contribution is 2.28. The van der Waals surface area contributed by atoms with Crippen LogP contribution in [0, 0.1) is 27.7 Å². The molecule has 160 valence electrons. The molecule has 32 heavy (non-hydrogen) atoms. The van der Waals surface area contributed by atoms with Crippen molar-refractivity contribution in [1.82, 2.24) is 9.55 Å². The Balaban J connectivity index is 1.98. The highest BCUT2D eigenvalue weighted by molar-refractivity contribution is 6.09. The topological polar surface area (TPSA) is 64.0 Å². The largest absolute Gasteiger partial charge is 0.321 e. The Morgan fingerprint density at radius 2 is 1.59 bits per heavy atom. The van der Waals surface area contributed by atoms with Gasteiger partial charge in [-0.1, -0.05) is 35.9 Å². The van der Waals surface area contributed by atoms with Crippen LogP contribution in [-0.2, 0) is 0 Å². The molecule has 2 aromatic carbocycles. The molecule has 1 amide bonds.